The number of rotatable bonds is 5. The first kappa shape index (κ1) is 17.7. The van der Waals surface area contributed by atoms with Crippen LogP contribution in [-0.4, -0.2) is 39.4 Å². The summed E-state index contributed by atoms with van der Waals surface area (Å²) in [6, 6.07) is 12.1. The van der Waals surface area contributed by atoms with Gasteiger partial charge in [0.1, 0.15) is 17.2 Å². The van der Waals surface area contributed by atoms with Gasteiger partial charge in [0.2, 0.25) is 0 Å². The SMILES string of the molecule is Cc1cc(Nc2cc(NC3CCOCC3)nc(-c3ccc4occc4c3)n2)n[nH]1.[HH]. The summed E-state index contributed by atoms with van der Waals surface area (Å²) in [5.74, 6) is 2.82. The van der Waals surface area contributed by atoms with Crippen LogP contribution in [0.3, 0.4) is 0 Å². The van der Waals surface area contributed by atoms with Crippen molar-refractivity contribution in [1.29, 1.82) is 0 Å². The number of ether oxygens (including phenoxy) is 1. The zero-order valence-electron chi connectivity index (χ0n) is 16.1. The Kier molecular flexibility index (Phi) is 4.61. The Morgan fingerprint density at radius 1 is 1.03 bits per heavy atom. The van der Waals surface area contributed by atoms with Gasteiger partial charge in [0, 0.05) is 49.5 Å². The Morgan fingerprint density at radius 2 is 1.90 bits per heavy atom. The van der Waals surface area contributed by atoms with Crippen molar-refractivity contribution in [3.05, 3.63) is 48.4 Å². The molecule has 8 heteroatoms. The van der Waals surface area contributed by atoms with Crippen molar-refractivity contribution in [2.45, 2.75) is 25.8 Å². The molecule has 0 bridgehead atoms. The van der Waals surface area contributed by atoms with Crippen LogP contribution in [0.5, 0.6) is 0 Å². The van der Waals surface area contributed by atoms with Crippen molar-refractivity contribution >= 4 is 28.4 Å². The fourth-order valence-electron chi connectivity index (χ4n) is 3.48. The predicted molar refractivity (Wildman–Crippen MR) is 113 cm³/mol. The molecule has 0 atom stereocenters. The number of nitrogens with zero attached hydrogens (tertiary/aromatic N) is 3. The Bertz CT molecular complexity index is 1140. The molecule has 3 N–H and O–H groups in total. The van der Waals surface area contributed by atoms with Gasteiger partial charge >= 0.3 is 0 Å². The first-order valence-corrected chi connectivity index (χ1v) is 9.73. The normalized spacial score (nSPS) is 14.9. The molecule has 0 radical (unpaired) electrons. The second-order valence-corrected chi connectivity index (χ2v) is 7.23. The molecule has 150 valence electrons. The molecule has 4 heterocycles. The van der Waals surface area contributed by atoms with Gasteiger partial charge < -0.3 is 19.8 Å². The standard InChI is InChI=1S/C21H22N6O2.H2/c1-13-10-20(27-26-13)23-19-12-18(22-16-5-7-28-8-6-16)24-21(25-19)15-2-3-17-14(11-15)4-9-29-17;/h2-4,9-12,16H,5-8H2,1H3,(H3,22,23,24,25,26,27);1H. The maximum atomic E-state index is 5.46. The largest absolute Gasteiger partial charge is 0.464 e. The van der Waals surface area contributed by atoms with Crippen LogP contribution in [-0.2, 0) is 4.74 Å². The molecule has 29 heavy (non-hydrogen) atoms. The Labute approximate surface area is 169 Å². The van der Waals surface area contributed by atoms with E-state index in [1.165, 1.54) is 0 Å². The summed E-state index contributed by atoms with van der Waals surface area (Å²) in [5.41, 5.74) is 2.75. The van der Waals surface area contributed by atoms with Gasteiger partial charge in [0.25, 0.3) is 0 Å². The summed E-state index contributed by atoms with van der Waals surface area (Å²) in [6.07, 6.45) is 3.61. The van der Waals surface area contributed by atoms with Gasteiger partial charge in [-0.3, -0.25) is 5.10 Å². The summed E-state index contributed by atoms with van der Waals surface area (Å²) < 4.78 is 10.9. The number of anilines is 3. The van der Waals surface area contributed by atoms with E-state index in [0.29, 0.717) is 17.7 Å². The molecule has 0 unspecified atom stereocenters. The summed E-state index contributed by atoms with van der Waals surface area (Å²) in [4.78, 5) is 9.49. The number of hydrogen-bond acceptors (Lipinski definition) is 7. The molecule has 5 rings (SSSR count). The molecule has 0 spiro atoms. The number of furan rings is 1. The van der Waals surface area contributed by atoms with E-state index in [4.69, 9.17) is 19.1 Å². The number of benzene rings is 1. The molecule has 3 aromatic heterocycles. The molecule has 1 aliphatic rings. The number of aromatic nitrogens is 4. The number of fused-ring (bicyclic) bond motifs is 1. The monoisotopic (exact) mass is 392 g/mol. The van der Waals surface area contributed by atoms with Gasteiger partial charge in [-0.05, 0) is 44.0 Å². The molecule has 0 saturated carbocycles. The molecule has 4 aromatic rings. The highest BCUT2D eigenvalue weighted by Gasteiger charge is 2.16. The lowest BCUT2D eigenvalue weighted by molar-refractivity contribution is 0.0904. The first-order valence-electron chi connectivity index (χ1n) is 9.73. The third-order valence-corrected chi connectivity index (χ3v) is 4.97. The predicted octanol–water partition coefficient (Wildman–Crippen LogP) is 4.50. The number of hydrogen-bond donors (Lipinski definition) is 3. The summed E-state index contributed by atoms with van der Waals surface area (Å²) >= 11 is 0. The van der Waals surface area contributed by atoms with Crippen LogP contribution in [0.25, 0.3) is 22.4 Å². The minimum absolute atomic E-state index is 0. The van der Waals surface area contributed by atoms with Gasteiger partial charge in [-0.2, -0.15) is 5.10 Å². The van der Waals surface area contributed by atoms with Crippen molar-refractivity contribution in [2.75, 3.05) is 23.8 Å². The lowest BCUT2D eigenvalue weighted by atomic mass is 10.1. The molecule has 1 aromatic carbocycles. The fraction of sp³-hybridized carbons (Fsp3) is 0.286. The second kappa shape index (κ2) is 7.56. The number of aromatic amines is 1. The molecule has 1 aliphatic heterocycles. The fourth-order valence-corrected chi connectivity index (χ4v) is 3.48. The Hall–Kier alpha value is -3.39. The topological polar surface area (TPSA) is 101 Å². The third-order valence-electron chi connectivity index (χ3n) is 4.97. The summed E-state index contributed by atoms with van der Waals surface area (Å²) in [6.45, 7) is 3.50. The highest BCUT2D eigenvalue weighted by Crippen LogP contribution is 2.27. The minimum atomic E-state index is 0. The molecule has 8 nitrogen and oxygen atoms in total. The van der Waals surface area contributed by atoms with E-state index < -0.39 is 0 Å². The van der Waals surface area contributed by atoms with Crippen LogP contribution in [0.1, 0.15) is 20.0 Å². The second-order valence-electron chi connectivity index (χ2n) is 7.23. The average Bonchev–Trinajstić information content (AvgIpc) is 3.36. The molecule has 1 fully saturated rings. The van der Waals surface area contributed by atoms with Crippen LogP contribution in [0.4, 0.5) is 17.5 Å². The summed E-state index contributed by atoms with van der Waals surface area (Å²) in [5, 5.41) is 15.0. The van der Waals surface area contributed by atoms with E-state index in [9.17, 15) is 0 Å². The van der Waals surface area contributed by atoms with Crippen LogP contribution in [0.2, 0.25) is 0 Å². The van der Waals surface area contributed by atoms with E-state index in [1.54, 1.807) is 6.26 Å². The van der Waals surface area contributed by atoms with Gasteiger partial charge in [-0.1, -0.05) is 0 Å². The van der Waals surface area contributed by atoms with E-state index in [-0.39, 0.29) is 1.43 Å². The van der Waals surface area contributed by atoms with Crippen LogP contribution < -0.4 is 10.6 Å². The summed E-state index contributed by atoms with van der Waals surface area (Å²) in [7, 11) is 0. The maximum absolute atomic E-state index is 5.46. The number of H-pyrrole nitrogens is 1. The zero-order valence-corrected chi connectivity index (χ0v) is 16.1. The third kappa shape index (κ3) is 3.93. The van der Waals surface area contributed by atoms with Crippen LogP contribution >= 0.6 is 0 Å². The molecule has 1 saturated heterocycles. The molecule has 0 aliphatic carbocycles. The van der Waals surface area contributed by atoms with E-state index >= 15 is 0 Å². The van der Waals surface area contributed by atoms with Gasteiger partial charge in [0.15, 0.2) is 11.6 Å². The maximum Gasteiger partial charge on any atom is 0.163 e. The van der Waals surface area contributed by atoms with Crippen molar-refractivity contribution in [2.24, 2.45) is 0 Å². The van der Waals surface area contributed by atoms with Crippen molar-refractivity contribution < 1.29 is 10.6 Å². The smallest absolute Gasteiger partial charge is 0.163 e. The average molecular weight is 392 g/mol. The highest BCUT2D eigenvalue weighted by atomic mass is 16.5. The van der Waals surface area contributed by atoms with Gasteiger partial charge in [0.05, 0.1) is 6.26 Å². The van der Waals surface area contributed by atoms with Crippen molar-refractivity contribution in [3.63, 3.8) is 0 Å². The minimum Gasteiger partial charge on any atom is -0.464 e. The van der Waals surface area contributed by atoms with Crippen LogP contribution in [0, 0.1) is 6.92 Å². The van der Waals surface area contributed by atoms with Crippen molar-refractivity contribution in [1.82, 2.24) is 20.2 Å². The lowest BCUT2D eigenvalue weighted by Gasteiger charge is -2.24. The van der Waals surface area contributed by atoms with E-state index in [0.717, 1.165) is 59.9 Å². The molecular weight excluding hydrogens is 368 g/mol. The van der Waals surface area contributed by atoms with E-state index in [1.807, 2.05) is 43.3 Å². The number of aryl methyl sites for hydroxylation is 1. The molecular formula is C21H24N6O2. The van der Waals surface area contributed by atoms with E-state index in [2.05, 4.69) is 20.8 Å². The number of nitrogens with one attached hydrogen (secondary N) is 3. The van der Waals surface area contributed by atoms with Crippen LogP contribution in [0.15, 0.2) is 47.1 Å². The Morgan fingerprint density at radius 3 is 2.72 bits per heavy atom. The Balaban J connectivity index is 0.00000218. The lowest BCUT2D eigenvalue weighted by Crippen LogP contribution is -2.28. The highest BCUT2D eigenvalue weighted by molar-refractivity contribution is 5.82. The first-order chi connectivity index (χ1) is 14.2. The zero-order chi connectivity index (χ0) is 19.6. The molecule has 0 amide bonds. The van der Waals surface area contributed by atoms with Crippen molar-refractivity contribution in [3.8, 4) is 11.4 Å². The van der Waals surface area contributed by atoms with Gasteiger partial charge in [-0.25, -0.2) is 9.97 Å². The quantitative estimate of drug-likeness (QED) is 0.459. The van der Waals surface area contributed by atoms with Gasteiger partial charge in [-0.15, -0.1) is 0 Å².